The minimum absolute atomic E-state index is 0.0581. The highest BCUT2D eigenvalue weighted by molar-refractivity contribution is 5.98. The molecule has 0 aliphatic heterocycles. The summed E-state index contributed by atoms with van der Waals surface area (Å²) in [5.41, 5.74) is 0.667. The Kier molecular flexibility index (Phi) is 9.08. The van der Waals surface area contributed by atoms with E-state index >= 15 is 0 Å². The fourth-order valence-corrected chi connectivity index (χ4v) is 3.14. The van der Waals surface area contributed by atoms with Crippen LogP contribution in [0.15, 0.2) is 54.6 Å². The van der Waals surface area contributed by atoms with Gasteiger partial charge in [0.2, 0.25) is 5.91 Å². The number of non-ortho nitro benzene ring substituents is 1. The van der Waals surface area contributed by atoms with E-state index in [2.05, 4.69) is 10.6 Å². The van der Waals surface area contributed by atoms with Crippen molar-refractivity contribution in [3.05, 3.63) is 75.8 Å². The predicted octanol–water partition coefficient (Wildman–Crippen LogP) is 3.03. The second-order valence-corrected chi connectivity index (χ2v) is 8.24. The van der Waals surface area contributed by atoms with Crippen LogP contribution in [0.5, 0.6) is 0 Å². The molecule has 2 atom stereocenters. The van der Waals surface area contributed by atoms with Gasteiger partial charge in [-0.2, -0.15) is 0 Å². The van der Waals surface area contributed by atoms with Crippen LogP contribution in [0.4, 0.5) is 5.69 Å². The normalized spacial score (nSPS) is 12.7. The number of esters is 1. The van der Waals surface area contributed by atoms with Gasteiger partial charge in [0.15, 0.2) is 0 Å². The van der Waals surface area contributed by atoms with Gasteiger partial charge in [0, 0.05) is 24.1 Å². The van der Waals surface area contributed by atoms with Crippen LogP contribution in [0.3, 0.4) is 0 Å². The average Bonchev–Trinajstić information content (AvgIpc) is 2.76. The Morgan fingerprint density at radius 2 is 1.64 bits per heavy atom. The molecule has 9 heteroatoms. The third-order valence-corrected chi connectivity index (χ3v) is 4.79. The Morgan fingerprint density at radius 3 is 2.21 bits per heavy atom. The molecule has 2 amide bonds. The number of ether oxygens (including phenoxy) is 1. The van der Waals surface area contributed by atoms with Gasteiger partial charge in [0.1, 0.15) is 12.1 Å². The van der Waals surface area contributed by atoms with Crippen molar-refractivity contribution >= 4 is 23.5 Å². The first-order valence-corrected chi connectivity index (χ1v) is 10.7. The monoisotopic (exact) mass is 455 g/mol. The minimum Gasteiger partial charge on any atom is -0.461 e. The summed E-state index contributed by atoms with van der Waals surface area (Å²) >= 11 is 0. The highest BCUT2D eigenvalue weighted by atomic mass is 16.6. The lowest BCUT2D eigenvalue weighted by molar-refractivity contribution is -0.384. The number of nitrogens with one attached hydrogen (secondary N) is 2. The van der Waals surface area contributed by atoms with Crippen molar-refractivity contribution < 1.29 is 24.0 Å². The smallest absolute Gasteiger partial charge is 0.329 e. The Bertz CT molecular complexity index is 991. The van der Waals surface area contributed by atoms with Crippen LogP contribution < -0.4 is 10.6 Å². The van der Waals surface area contributed by atoms with Gasteiger partial charge >= 0.3 is 5.97 Å². The fraction of sp³-hybridized carbons (Fsp3) is 0.375. The van der Waals surface area contributed by atoms with Gasteiger partial charge in [0.05, 0.1) is 11.0 Å². The lowest BCUT2D eigenvalue weighted by Gasteiger charge is -2.25. The van der Waals surface area contributed by atoms with Crippen molar-refractivity contribution in [3.63, 3.8) is 0 Å². The Morgan fingerprint density at radius 1 is 0.970 bits per heavy atom. The largest absolute Gasteiger partial charge is 0.461 e. The minimum atomic E-state index is -0.970. The van der Waals surface area contributed by atoms with E-state index in [9.17, 15) is 24.5 Å². The second kappa shape index (κ2) is 11.8. The lowest BCUT2D eigenvalue weighted by atomic mass is 10.0. The van der Waals surface area contributed by atoms with Crippen molar-refractivity contribution in [1.82, 2.24) is 10.6 Å². The van der Waals surface area contributed by atoms with Crippen LogP contribution in [-0.2, 0) is 20.7 Å². The molecule has 0 spiro atoms. The number of rotatable bonds is 10. The molecule has 2 aromatic rings. The number of hydrogen-bond donors (Lipinski definition) is 2. The molecule has 0 aliphatic rings. The van der Waals surface area contributed by atoms with Crippen LogP contribution in [0.2, 0.25) is 0 Å². The summed E-state index contributed by atoms with van der Waals surface area (Å²) in [6, 6.07) is 12.5. The molecule has 0 bridgehead atoms. The summed E-state index contributed by atoms with van der Waals surface area (Å²) < 4.78 is 5.31. The van der Waals surface area contributed by atoms with Gasteiger partial charge in [-0.05, 0) is 31.4 Å². The molecule has 2 rings (SSSR count). The third kappa shape index (κ3) is 7.71. The summed E-state index contributed by atoms with van der Waals surface area (Å²) in [6.45, 7) is 6.93. The number of nitrogens with zero attached hydrogens (tertiary/aromatic N) is 1. The highest BCUT2D eigenvalue weighted by Crippen LogP contribution is 2.14. The van der Waals surface area contributed by atoms with Gasteiger partial charge in [-0.1, -0.05) is 50.2 Å². The van der Waals surface area contributed by atoms with Crippen molar-refractivity contribution in [1.29, 1.82) is 0 Å². The lowest BCUT2D eigenvalue weighted by Crippen LogP contribution is -2.54. The number of carbonyl (C=O) groups excluding carboxylic acids is 3. The van der Waals surface area contributed by atoms with Crippen LogP contribution in [-0.4, -0.2) is 40.9 Å². The van der Waals surface area contributed by atoms with Crippen molar-refractivity contribution in [2.75, 3.05) is 0 Å². The summed E-state index contributed by atoms with van der Waals surface area (Å²) in [7, 11) is 0. The zero-order valence-corrected chi connectivity index (χ0v) is 19.1. The molecule has 0 radical (unpaired) electrons. The standard InChI is InChI=1S/C24H29N3O6/c1-15(2)21(26-22(28)18-11-8-12-19(14-18)27(31)32)23(29)25-20(24(30)33-16(3)4)13-17-9-6-5-7-10-17/h5-12,14-16,20-21H,13H2,1-4H3,(H,25,29)(H,26,28)/t20-,21+/m1/s1. The number of nitro benzene ring substituents is 1. The Hall–Kier alpha value is -3.75. The van der Waals surface area contributed by atoms with E-state index in [1.807, 2.05) is 30.3 Å². The zero-order chi connectivity index (χ0) is 24.5. The van der Waals surface area contributed by atoms with Crippen LogP contribution >= 0.6 is 0 Å². The molecular formula is C24H29N3O6. The Labute approximate surface area is 192 Å². The number of hydrogen-bond acceptors (Lipinski definition) is 6. The fourth-order valence-electron chi connectivity index (χ4n) is 3.14. The predicted molar refractivity (Wildman–Crippen MR) is 122 cm³/mol. The molecule has 0 aliphatic carbocycles. The van der Waals surface area contributed by atoms with E-state index in [0.717, 1.165) is 11.6 Å². The molecule has 0 saturated carbocycles. The average molecular weight is 456 g/mol. The highest BCUT2D eigenvalue weighted by Gasteiger charge is 2.30. The summed E-state index contributed by atoms with van der Waals surface area (Å²) in [4.78, 5) is 48.8. The molecule has 33 heavy (non-hydrogen) atoms. The van der Waals surface area contributed by atoms with E-state index in [4.69, 9.17) is 4.74 Å². The van der Waals surface area contributed by atoms with E-state index in [-0.39, 0.29) is 29.7 Å². The van der Waals surface area contributed by atoms with Crippen molar-refractivity contribution in [2.24, 2.45) is 5.92 Å². The summed E-state index contributed by atoms with van der Waals surface area (Å²) in [6.07, 6.45) is -0.135. The second-order valence-electron chi connectivity index (χ2n) is 8.24. The molecule has 9 nitrogen and oxygen atoms in total. The molecule has 176 valence electrons. The van der Waals surface area contributed by atoms with Gasteiger partial charge < -0.3 is 15.4 Å². The molecule has 0 fully saturated rings. The first kappa shape index (κ1) is 25.5. The molecule has 0 saturated heterocycles. The van der Waals surface area contributed by atoms with Gasteiger partial charge in [-0.3, -0.25) is 19.7 Å². The topological polar surface area (TPSA) is 128 Å². The maximum absolute atomic E-state index is 13.1. The van der Waals surface area contributed by atoms with E-state index in [1.54, 1.807) is 27.7 Å². The first-order valence-electron chi connectivity index (χ1n) is 10.7. The molecular weight excluding hydrogens is 426 g/mol. The quantitative estimate of drug-likeness (QED) is 0.322. The molecule has 2 aromatic carbocycles. The number of benzene rings is 2. The number of nitro groups is 1. The summed E-state index contributed by atoms with van der Waals surface area (Å²) in [5.74, 6) is -2.07. The summed E-state index contributed by atoms with van der Waals surface area (Å²) in [5, 5.41) is 16.3. The van der Waals surface area contributed by atoms with Crippen LogP contribution in [0.1, 0.15) is 43.6 Å². The van der Waals surface area contributed by atoms with E-state index < -0.39 is 34.8 Å². The molecule has 0 aromatic heterocycles. The van der Waals surface area contributed by atoms with Gasteiger partial charge in [-0.15, -0.1) is 0 Å². The Balaban J connectivity index is 2.19. The van der Waals surface area contributed by atoms with Crippen molar-refractivity contribution in [2.45, 2.75) is 52.3 Å². The maximum Gasteiger partial charge on any atom is 0.329 e. The van der Waals surface area contributed by atoms with E-state index in [0.29, 0.717) is 0 Å². The molecule has 0 unspecified atom stereocenters. The van der Waals surface area contributed by atoms with Gasteiger partial charge in [0.25, 0.3) is 11.6 Å². The maximum atomic E-state index is 13.1. The molecule has 2 N–H and O–H groups in total. The van der Waals surface area contributed by atoms with Crippen LogP contribution in [0, 0.1) is 16.0 Å². The van der Waals surface area contributed by atoms with Crippen LogP contribution in [0.25, 0.3) is 0 Å². The number of carbonyl (C=O) groups is 3. The zero-order valence-electron chi connectivity index (χ0n) is 19.1. The van der Waals surface area contributed by atoms with Crippen molar-refractivity contribution in [3.8, 4) is 0 Å². The van der Waals surface area contributed by atoms with E-state index in [1.165, 1.54) is 18.2 Å². The third-order valence-electron chi connectivity index (χ3n) is 4.79. The molecule has 0 heterocycles. The SMILES string of the molecule is CC(C)OC(=O)[C@@H](Cc1ccccc1)NC(=O)[C@@H](NC(=O)c1cccc([N+](=O)[O-])c1)C(C)C. The number of amides is 2. The first-order chi connectivity index (χ1) is 15.6. The van der Waals surface area contributed by atoms with Gasteiger partial charge in [-0.25, -0.2) is 4.79 Å².